The van der Waals surface area contributed by atoms with Gasteiger partial charge in [0.15, 0.2) is 0 Å². The van der Waals surface area contributed by atoms with Crippen LogP contribution in [0.1, 0.15) is 25.7 Å². The van der Waals surface area contributed by atoms with E-state index in [9.17, 15) is 0 Å². The van der Waals surface area contributed by atoms with Gasteiger partial charge in [-0.25, -0.2) is 0 Å². The lowest BCUT2D eigenvalue weighted by Crippen LogP contribution is -2.47. The van der Waals surface area contributed by atoms with Crippen LogP contribution in [0.5, 0.6) is 0 Å². The zero-order valence-electron chi connectivity index (χ0n) is 10.8. The second kappa shape index (κ2) is 4.31. The van der Waals surface area contributed by atoms with Gasteiger partial charge in [-0.05, 0) is 37.5 Å². The highest BCUT2D eigenvalue weighted by Crippen LogP contribution is 2.55. The van der Waals surface area contributed by atoms with Crippen LogP contribution in [-0.4, -0.2) is 42.3 Å². The first-order valence-electron chi connectivity index (χ1n) is 6.53. The van der Waals surface area contributed by atoms with Crippen LogP contribution in [0.25, 0.3) is 0 Å². The molecule has 4 nitrogen and oxygen atoms in total. The highest BCUT2D eigenvalue weighted by molar-refractivity contribution is 6.62. The van der Waals surface area contributed by atoms with Gasteiger partial charge in [0.25, 0.3) is 0 Å². The molecule has 17 heavy (non-hydrogen) atoms. The maximum Gasteiger partial charge on any atom is 0.503 e. The lowest BCUT2D eigenvalue weighted by atomic mass is 9.82. The predicted molar refractivity (Wildman–Crippen MR) is 64.6 cm³/mol. The van der Waals surface area contributed by atoms with Gasteiger partial charge in [-0.2, -0.15) is 0 Å². The van der Waals surface area contributed by atoms with Crippen LogP contribution in [-0.2, 0) is 18.0 Å². The fourth-order valence-corrected chi connectivity index (χ4v) is 6.70. The van der Waals surface area contributed by atoms with E-state index in [4.69, 9.17) is 18.0 Å². The molecule has 4 unspecified atom stereocenters. The Kier molecular flexibility index (Phi) is 3.07. The van der Waals surface area contributed by atoms with Crippen molar-refractivity contribution in [1.82, 2.24) is 0 Å². The van der Waals surface area contributed by atoms with E-state index in [-0.39, 0.29) is 0 Å². The number of rotatable bonds is 4. The Bertz CT molecular complexity index is 268. The summed E-state index contributed by atoms with van der Waals surface area (Å²) in [5.41, 5.74) is 0.481. The molecule has 3 aliphatic rings. The Balaban J connectivity index is 1.70. The third-order valence-electron chi connectivity index (χ3n) is 4.95. The van der Waals surface area contributed by atoms with Gasteiger partial charge < -0.3 is 18.0 Å². The standard InChI is InChI=1S/C12H22O4Si/c1-13-17(14-2,15-3)10-4-8-6-11-12(16-11)7-9(8)5-10/h8-12H,4-7H2,1-3H3. The minimum absolute atomic E-state index is 0.481. The molecule has 0 spiro atoms. The van der Waals surface area contributed by atoms with E-state index in [1.807, 2.05) is 0 Å². The molecule has 0 bridgehead atoms. The van der Waals surface area contributed by atoms with Crippen LogP contribution in [0.15, 0.2) is 0 Å². The Hall–Kier alpha value is 0.0569. The largest absolute Gasteiger partial charge is 0.503 e. The van der Waals surface area contributed by atoms with Crippen molar-refractivity contribution in [2.45, 2.75) is 43.4 Å². The first-order valence-corrected chi connectivity index (χ1v) is 8.33. The summed E-state index contributed by atoms with van der Waals surface area (Å²) in [6, 6.07) is 0. The predicted octanol–water partition coefficient (Wildman–Crippen LogP) is 1.82. The number of ether oxygens (including phenoxy) is 1. The van der Waals surface area contributed by atoms with Crippen molar-refractivity contribution in [2.24, 2.45) is 11.8 Å². The molecule has 2 aliphatic carbocycles. The molecule has 0 aromatic heterocycles. The van der Waals surface area contributed by atoms with E-state index in [2.05, 4.69) is 0 Å². The number of hydrogen-bond donors (Lipinski definition) is 0. The molecule has 0 radical (unpaired) electrons. The Morgan fingerprint density at radius 2 is 1.29 bits per heavy atom. The van der Waals surface area contributed by atoms with Gasteiger partial charge in [-0.1, -0.05) is 0 Å². The zero-order chi connectivity index (χ0) is 12.0. The van der Waals surface area contributed by atoms with E-state index in [0.29, 0.717) is 17.7 Å². The monoisotopic (exact) mass is 258 g/mol. The van der Waals surface area contributed by atoms with Crippen molar-refractivity contribution in [3.63, 3.8) is 0 Å². The molecule has 4 atom stereocenters. The van der Waals surface area contributed by atoms with Crippen LogP contribution in [0.3, 0.4) is 0 Å². The van der Waals surface area contributed by atoms with Gasteiger partial charge in [-0.15, -0.1) is 0 Å². The van der Waals surface area contributed by atoms with E-state index in [1.165, 1.54) is 25.7 Å². The third-order valence-corrected chi connectivity index (χ3v) is 8.13. The van der Waals surface area contributed by atoms with Crippen molar-refractivity contribution in [1.29, 1.82) is 0 Å². The molecule has 98 valence electrons. The average Bonchev–Trinajstić information content (AvgIpc) is 2.98. The molecule has 1 heterocycles. The summed E-state index contributed by atoms with van der Waals surface area (Å²) in [7, 11) is 2.75. The molecule has 0 amide bonds. The van der Waals surface area contributed by atoms with Gasteiger partial charge >= 0.3 is 8.80 Å². The fraction of sp³-hybridized carbons (Fsp3) is 1.00. The third kappa shape index (κ3) is 1.88. The Morgan fingerprint density at radius 1 is 0.824 bits per heavy atom. The van der Waals surface area contributed by atoms with Gasteiger partial charge in [0, 0.05) is 26.9 Å². The highest BCUT2D eigenvalue weighted by atomic mass is 28.4. The molecule has 1 saturated heterocycles. The van der Waals surface area contributed by atoms with E-state index in [0.717, 1.165) is 11.8 Å². The van der Waals surface area contributed by atoms with Gasteiger partial charge in [0.2, 0.25) is 0 Å². The van der Waals surface area contributed by atoms with Gasteiger partial charge in [0.05, 0.1) is 12.2 Å². The first kappa shape index (κ1) is 12.1. The van der Waals surface area contributed by atoms with Gasteiger partial charge in [-0.3, -0.25) is 0 Å². The maximum absolute atomic E-state index is 5.63. The van der Waals surface area contributed by atoms with Crippen molar-refractivity contribution in [3.8, 4) is 0 Å². The molecule has 0 N–H and O–H groups in total. The lowest BCUT2D eigenvalue weighted by molar-refractivity contribution is 0.110. The summed E-state index contributed by atoms with van der Waals surface area (Å²) in [5, 5.41) is 0. The summed E-state index contributed by atoms with van der Waals surface area (Å²) in [6.07, 6.45) is 6.01. The molecule has 3 fully saturated rings. The molecular formula is C12H22O4Si. The Labute approximate surface area is 104 Å². The minimum atomic E-state index is -2.42. The van der Waals surface area contributed by atoms with Crippen molar-refractivity contribution < 1.29 is 18.0 Å². The molecule has 1 aliphatic heterocycles. The number of epoxide rings is 1. The van der Waals surface area contributed by atoms with Crippen LogP contribution in [0.2, 0.25) is 5.54 Å². The van der Waals surface area contributed by atoms with Crippen LogP contribution in [0, 0.1) is 11.8 Å². The highest BCUT2D eigenvalue weighted by Gasteiger charge is 2.57. The minimum Gasteiger partial charge on any atom is -0.377 e. The molecule has 0 aromatic rings. The lowest BCUT2D eigenvalue weighted by Gasteiger charge is -2.30. The summed E-state index contributed by atoms with van der Waals surface area (Å²) in [6.45, 7) is 0. The number of fused-ring (bicyclic) bond motifs is 2. The molecular weight excluding hydrogens is 236 g/mol. The van der Waals surface area contributed by atoms with Gasteiger partial charge in [0.1, 0.15) is 0 Å². The average molecular weight is 258 g/mol. The first-order chi connectivity index (χ1) is 8.22. The second-order valence-electron chi connectivity index (χ2n) is 5.59. The normalized spacial score (nSPS) is 44.3. The zero-order valence-corrected chi connectivity index (χ0v) is 11.8. The van der Waals surface area contributed by atoms with Crippen LogP contribution < -0.4 is 0 Å². The van der Waals surface area contributed by atoms with E-state index >= 15 is 0 Å². The van der Waals surface area contributed by atoms with Crippen molar-refractivity contribution in [3.05, 3.63) is 0 Å². The summed E-state index contributed by atoms with van der Waals surface area (Å²) in [4.78, 5) is 0. The molecule has 5 heteroatoms. The van der Waals surface area contributed by atoms with Crippen molar-refractivity contribution >= 4 is 8.80 Å². The summed E-state index contributed by atoms with van der Waals surface area (Å²) in [5.74, 6) is 1.60. The quantitative estimate of drug-likeness (QED) is 0.570. The van der Waals surface area contributed by atoms with Crippen LogP contribution in [0.4, 0.5) is 0 Å². The SMILES string of the molecule is CO[Si](OC)(OC)C1CC2CC3OC3CC2C1. The Morgan fingerprint density at radius 3 is 1.71 bits per heavy atom. The summed E-state index contributed by atoms with van der Waals surface area (Å²) >= 11 is 0. The molecule has 3 rings (SSSR count). The summed E-state index contributed by atoms with van der Waals surface area (Å²) < 4.78 is 22.5. The van der Waals surface area contributed by atoms with Crippen molar-refractivity contribution in [2.75, 3.05) is 21.3 Å². The number of hydrogen-bond acceptors (Lipinski definition) is 4. The molecule has 2 saturated carbocycles. The molecule has 0 aromatic carbocycles. The smallest absolute Gasteiger partial charge is 0.377 e. The maximum atomic E-state index is 5.63. The fourth-order valence-electron chi connectivity index (χ4n) is 4.02. The van der Waals surface area contributed by atoms with Crippen LogP contribution >= 0.6 is 0 Å². The second-order valence-corrected chi connectivity index (χ2v) is 8.84. The topological polar surface area (TPSA) is 40.2 Å². The van der Waals surface area contributed by atoms with E-state index < -0.39 is 8.80 Å². The van der Waals surface area contributed by atoms with E-state index in [1.54, 1.807) is 21.3 Å².